The Labute approximate surface area is 152 Å². The van der Waals surface area contributed by atoms with Crippen molar-refractivity contribution in [2.24, 2.45) is 0 Å². The van der Waals surface area contributed by atoms with Crippen LogP contribution in [0.25, 0.3) is 0 Å². The molecule has 0 aliphatic carbocycles. The molecule has 0 aliphatic heterocycles. The standard InChI is InChI=1S/C21H20FN3O/c1-25(14-19-11-12-23-15-24-19)21(26)13-20(16-5-3-2-4-6-16)17-7-9-18(22)10-8-17/h2-12,15,20H,13-14H2,1H3. The fourth-order valence-corrected chi connectivity index (χ4v) is 2.88. The number of rotatable bonds is 6. The first-order valence-corrected chi connectivity index (χ1v) is 8.43. The average Bonchev–Trinajstić information content (AvgIpc) is 2.68. The van der Waals surface area contributed by atoms with E-state index in [0.717, 1.165) is 16.8 Å². The van der Waals surface area contributed by atoms with Crippen molar-refractivity contribution in [1.82, 2.24) is 14.9 Å². The maximum atomic E-state index is 13.3. The van der Waals surface area contributed by atoms with Gasteiger partial charge in [-0.15, -0.1) is 0 Å². The molecular weight excluding hydrogens is 329 g/mol. The van der Waals surface area contributed by atoms with Crippen LogP contribution in [0.5, 0.6) is 0 Å². The van der Waals surface area contributed by atoms with Crippen molar-refractivity contribution in [3.8, 4) is 0 Å². The summed E-state index contributed by atoms with van der Waals surface area (Å²) in [4.78, 5) is 22.5. The van der Waals surface area contributed by atoms with E-state index in [1.54, 1.807) is 36.3 Å². The largest absolute Gasteiger partial charge is 0.340 e. The monoisotopic (exact) mass is 349 g/mol. The number of amides is 1. The fourth-order valence-electron chi connectivity index (χ4n) is 2.88. The third kappa shape index (κ3) is 4.51. The molecule has 0 spiro atoms. The first-order valence-electron chi connectivity index (χ1n) is 8.43. The third-order valence-electron chi connectivity index (χ3n) is 4.32. The van der Waals surface area contributed by atoms with Crippen LogP contribution in [0.2, 0.25) is 0 Å². The van der Waals surface area contributed by atoms with Crippen LogP contribution in [0.3, 0.4) is 0 Å². The van der Waals surface area contributed by atoms with Crippen LogP contribution < -0.4 is 0 Å². The van der Waals surface area contributed by atoms with Crippen LogP contribution in [-0.4, -0.2) is 27.8 Å². The number of aromatic nitrogens is 2. The van der Waals surface area contributed by atoms with Crippen LogP contribution in [0.1, 0.15) is 29.2 Å². The Balaban J connectivity index is 1.79. The van der Waals surface area contributed by atoms with Gasteiger partial charge < -0.3 is 4.90 Å². The molecule has 1 unspecified atom stereocenters. The molecule has 0 saturated carbocycles. The molecule has 0 N–H and O–H groups in total. The minimum atomic E-state index is -0.284. The summed E-state index contributed by atoms with van der Waals surface area (Å²) in [6.45, 7) is 0.423. The molecule has 3 rings (SSSR count). The maximum absolute atomic E-state index is 13.3. The van der Waals surface area contributed by atoms with Crippen LogP contribution >= 0.6 is 0 Å². The van der Waals surface area contributed by atoms with Crippen molar-refractivity contribution in [2.75, 3.05) is 7.05 Å². The van der Waals surface area contributed by atoms with Crippen molar-refractivity contribution in [3.63, 3.8) is 0 Å². The Morgan fingerprint density at radius 2 is 1.73 bits per heavy atom. The van der Waals surface area contributed by atoms with Crippen LogP contribution in [-0.2, 0) is 11.3 Å². The van der Waals surface area contributed by atoms with Gasteiger partial charge in [0, 0.05) is 25.6 Å². The van der Waals surface area contributed by atoms with Crippen molar-refractivity contribution in [3.05, 3.63) is 95.8 Å². The van der Waals surface area contributed by atoms with E-state index in [2.05, 4.69) is 9.97 Å². The quantitative estimate of drug-likeness (QED) is 0.680. The Kier molecular flexibility index (Phi) is 5.69. The van der Waals surface area contributed by atoms with E-state index < -0.39 is 0 Å². The van der Waals surface area contributed by atoms with Crippen LogP contribution in [0.15, 0.2) is 73.2 Å². The molecule has 0 aliphatic rings. The summed E-state index contributed by atoms with van der Waals surface area (Å²) in [5.41, 5.74) is 2.73. The number of hydrogen-bond acceptors (Lipinski definition) is 3. The number of carbonyl (C=O) groups is 1. The summed E-state index contributed by atoms with van der Waals surface area (Å²) < 4.78 is 13.3. The summed E-state index contributed by atoms with van der Waals surface area (Å²) in [5, 5.41) is 0. The summed E-state index contributed by atoms with van der Waals surface area (Å²) in [7, 11) is 1.76. The molecule has 1 heterocycles. The molecule has 0 bridgehead atoms. The fraction of sp³-hybridized carbons (Fsp3) is 0.190. The normalized spacial score (nSPS) is 11.8. The SMILES string of the molecule is CN(Cc1ccncn1)C(=O)CC(c1ccccc1)c1ccc(F)cc1. The van der Waals surface area contributed by atoms with Gasteiger partial charge >= 0.3 is 0 Å². The predicted octanol–water partition coefficient (Wildman–Crippen LogP) is 3.80. The zero-order valence-corrected chi connectivity index (χ0v) is 14.5. The first-order chi connectivity index (χ1) is 12.6. The molecule has 2 aromatic carbocycles. The lowest BCUT2D eigenvalue weighted by molar-refractivity contribution is -0.130. The van der Waals surface area contributed by atoms with Gasteiger partial charge in [-0.05, 0) is 29.3 Å². The van der Waals surface area contributed by atoms with Crippen molar-refractivity contribution < 1.29 is 9.18 Å². The molecule has 3 aromatic rings. The molecular formula is C21H20FN3O. The number of benzene rings is 2. The predicted molar refractivity (Wildman–Crippen MR) is 97.8 cm³/mol. The highest BCUT2D eigenvalue weighted by atomic mass is 19.1. The number of carbonyl (C=O) groups excluding carboxylic acids is 1. The third-order valence-corrected chi connectivity index (χ3v) is 4.32. The maximum Gasteiger partial charge on any atom is 0.223 e. The van der Waals surface area contributed by atoms with Crippen LogP contribution in [0, 0.1) is 5.82 Å². The second-order valence-electron chi connectivity index (χ2n) is 6.17. The van der Waals surface area contributed by atoms with E-state index in [0.29, 0.717) is 13.0 Å². The molecule has 132 valence electrons. The molecule has 0 saturated heterocycles. The summed E-state index contributed by atoms with van der Waals surface area (Å²) in [5.74, 6) is -0.410. The van der Waals surface area contributed by atoms with E-state index in [1.165, 1.54) is 18.5 Å². The summed E-state index contributed by atoms with van der Waals surface area (Å²) in [6, 6.07) is 17.9. The van der Waals surface area contributed by atoms with Gasteiger partial charge in [0.2, 0.25) is 5.91 Å². The number of nitrogens with zero attached hydrogens (tertiary/aromatic N) is 3. The lowest BCUT2D eigenvalue weighted by Gasteiger charge is -2.22. The highest BCUT2D eigenvalue weighted by molar-refractivity contribution is 5.77. The van der Waals surface area contributed by atoms with Gasteiger partial charge in [0.25, 0.3) is 0 Å². The molecule has 0 radical (unpaired) electrons. The minimum Gasteiger partial charge on any atom is -0.340 e. The van der Waals surface area contributed by atoms with Crippen molar-refractivity contribution in [1.29, 1.82) is 0 Å². The lowest BCUT2D eigenvalue weighted by atomic mass is 9.88. The van der Waals surface area contributed by atoms with E-state index in [-0.39, 0.29) is 17.6 Å². The lowest BCUT2D eigenvalue weighted by Crippen LogP contribution is -2.28. The number of hydrogen-bond donors (Lipinski definition) is 0. The molecule has 26 heavy (non-hydrogen) atoms. The van der Waals surface area contributed by atoms with Crippen molar-refractivity contribution >= 4 is 5.91 Å². The van der Waals surface area contributed by atoms with E-state index in [1.807, 2.05) is 30.3 Å². The van der Waals surface area contributed by atoms with Crippen molar-refractivity contribution in [2.45, 2.75) is 18.9 Å². The van der Waals surface area contributed by atoms with Gasteiger partial charge in [-0.25, -0.2) is 14.4 Å². The molecule has 1 amide bonds. The molecule has 5 heteroatoms. The minimum absolute atomic E-state index is 0.00166. The van der Waals surface area contributed by atoms with E-state index in [4.69, 9.17) is 0 Å². The van der Waals surface area contributed by atoms with Gasteiger partial charge in [-0.1, -0.05) is 42.5 Å². The molecule has 0 fully saturated rings. The van der Waals surface area contributed by atoms with Crippen LogP contribution in [0.4, 0.5) is 4.39 Å². The van der Waals surface area contributed by atoms with Gasteiger partial charge in [0.05, 0.1) is 12.2 Å². The van der Waals surface area contributed by atoms with Gasteiger partial charge in [-0.3, -0.25) is 4.79 Å². The summed E-state index contributed by atoms with van der Waals surface area (Å²) >= 11 is 0. The Morgan fingerprint density at radius 3 is 2.38 bits per heavy atom. The summed E-state index contributed by atoms with van der Waals surface area (Å²) in [6.07, 6.45) is 3.43. The second-order valence-corrected chi connectivity index (χ2v) is 6.17. The molecule has 1 atom stereocenters. The first kappa shape index (κ1) is 17.7. The zero-order valence-electron chi connectivity index (χ0n) is 14.5. The molecule has 4 nitrogen and oxygen atoms in total. The Bertz CT molecular complexity index is 838. The number of halogens is 1. The Morgan fingerprint density at radius 1 is 1.04 bits per heavy atom. The zero-order chi connectivity index (χ0) is 18.4. The average molecular weight is 349 g/mol. The topological polar surface area (TPSA) is 46.1 Å². The van der Waals surface area contributed by atoms with Gasteiger partial charge in [-0.2, -0.15) is 0 Å². The second kappa shape index (κ2) is 8.34. The van der Waals surface area contributed by atoms with E-state index in [9.17, 15) is 9.18 Å². The van der Waals surface area contributed by atoms with Gasteiger partial charge in [0.1, 0.15) is 12.1 Å². The Hall–Kier alpha value is -3.08. The smallest absolute Gasteiger partial charge is 0.223 e. The highest BCUT2D eigenvalue weighted by Gasteiger charge is 2.21. The highest BCUT2D eigenvalue weighted by Crippen LogP contribution is 2.29. The molecule has 1 aromatic heterocycles. The van der Waals surface area contributed by atoms with E-state index >= 15 is 0 Å². The van der Waals surface area contributed by atoms with Gasteiger partial charge in [0.15, 0.2) is 0 Å².